The highest BCUT2D eigenvalue weighted by molar-refractivity contribution is 5.33. The first-order chi connectivity index (χ1) is 15.6. The van der Waals surface area contributed by atoms with Gasteiger partial charge in [-0.05, 0) is 62.5 Å². The standard InChI is InChI=1S/C27H42F2O3/c1-3-5-7-8-20-9-12-22(13-10-20)32-19-23-14-11-21(18-31-23)24-15-16-25(27(29)26(24)28)30-17-6-4-2/h15-16,20-23H,3-14,17-19H2,1-2H3. The molecule has 3 rings (SSSR count). The number of hydrogen-bond acceptors (Lipinski definition) is 3. The van der Waals surface area contributed by atoms with Crippen LogP contribution in [0.4, 0.5) is 8.78 Å². The molecule has 1 heterocycles. The fraction of sp³-hybridized carbons (Fsp3) is 0.778. The van der Waals surface area contributed by atoms with Gasteiger partial charge in [0, 0.05) is 5.92 Å². The maximum absolute atomic E-state index is 14.6. The van der Waals surface area contributed by atoms with Gasteiger partial charge < -0.3 is 14.2 Å². The molecule has 3 nitrogen and oxygen atoms in total. The minimum absolute atomic E-state index is 0.00258. The van der Waals surface area contributed by atoms with Gasteiger partial charge in [-0.1, -0.05) is 52.0 Å². The predicted molar refractivity (Wildman–Crippen MR) is 124 cm³/mol. The van der Waals surface area contributed by atoms with Crippen LogP contribution in [-0.2, 0) is 9.47 Å². The lowest BCUT2D eigenvalue weighted by Gasteiger charge is -2.32. The van der Waals surface area contributed by atoms with Gasteiger partial charge >= 0.3 is 0 Å². The zero-order chi connectivity index (χ0) is 22.8. The van der Waals surface area contributed by atoms with Crippen LogP contribution in [0.1, 0.15) is 102 Å². The number of unbranched alkanes of at least 4 members (excludes halogenated alkanes) is 3. The van der Waals surface area contributed by atoms with Gasteiger partial charge in [0.25, 0.3) is 0 Å². The zero-order valence-corrected chi connectivity index (χ0v) is 20.1. The van der Waals surface area contributed by atoms with Gasteiger partial charge in [-0.15, -0.1) is 0 Å². The molecular formula is C27H42F2O3. The summed E-state index contributed by atoms with van der Waals surface area (Å²) in [5.41, 5.74) is 0.395. The molecule has 2 aliphatic rings. The Kier molecular flexibility index (Phi) is 10.7. The van der Waals surface area contributed by atoms with Gasteiger partial charge in [-0.3, -0.25) is 0 Å². The monoisotopic (exact) mass is 452 g/mol. The lowest BCUT2D eigenvalue weighted by atomic mass is 9.84. The summed E-state index contributed by atoms with van der Waals surface area (Å²) < 4.78 is 46.6. The van der Waals surface area contributed by atoms with Crippen LogP contribution < -0.4 is 4.74 Å². The van der Waals surface area contributed by atoms with Crippen molar-refractivity contribution in [2.45, 2.75) is 109 Å². The van der Waals surface area contributed by atoms with Crippen molar-refractivity contribution in [3.05, 3.63) is 29.3 Å². The van der Waals surface area contributed by atoms with E-state index in [1.54, 1.807) is 12.1 Å². The minimum atomic E-state index is -0.880. The second kappa shape index (κ2) is 13.5. The molecule has 0 bridgehead atoms. The van der Waals surface area contributed by atoms with E-state index in [-0.39, 0.29) is 17.8 Å². The van der Waals surface area contributed by atoms with E-state index in [9.17, 15) is 8.78 Å². The Morgan fingerprint density at radius 3 is 2.38 bits per heavy atom. The molecule has 1 aliphatic heterocycles. The third-order valence-electron chi connectivity index (χ3n) is 7.17. The van der Waals surface area contributed by atoms with Crippen molar-refractivity contribution >= 4 is 0 Å². The molecule has 32 heavy (non-hydrogen) atoms. The Hall–Kier alpha value is -1.20. The van der Waals surface area contributed by atoms with Gasteiger partial charge in [0.2, 0.25) is 5.82 Å². The molecular weight excluding hydrogens is 410 g/mol. The molecule has 0 radical (unpaired) electrons. The summed E-state index contributed by atoms with van der Waals surface area (Å²) in [6, 6.07) is 3.21. The van der Waals surface area contributed by atoms with Crippen molar-refractivity contribution < 1.29 is 23.0 Å². The third-order valence-corrected chi connectivity index (χ3v) is 7.17. The van der Waals surface area contributed by atoms with Gasteiger partial charge in [0.05, 0.1) is 32.0 Å². The second-order valence-corrected chi connectivity index (χ2v) is 9.68. The maximum Gasteiger partial charge on any atom is 0.200 e. The van der Waals surface area contributed by atoms with Gasteiger partial charge in [0.15, 0.2) is 11.6 Å². The average Bonchev–Trinajstić information content (AvgIpc) is 2.82. The van der Waals surface area contributed by atoms with E-state index < -0.39 is 11.6 Å². The van der Waals surface area contributed by atoms with Crippen molar-refractivity contribution in [3.8, 4) is 5.75 Å². The van der Waals surface area contributed by atoms with Gasteiger partial charge in [-0.2, -0.15) is 4.39 Å². The summed E-state index contributed by atoms with van der Waals surface area (Å²) in [5.74, 6) is -0.911. The number of benzene rings is 1. The second-order valence-electron chi connectivity index (χ2n) is 9.68. The molecule has 0 amide bonds. The van der Waals surface area contributed by atoms with Gasteiger partial charge in [-0.25, -0.2) is 4.39 Å². The first-order valence-electron chi connectivity index (χ1n) is 13.0. The zero-order valence-electron chi connectivity index (χ0n) is 20.1. The van der Waals surface area contributed by atoms with Crippen LogP contribution in [0.25, 0.3) is 0 Å². The summed E-state index contributed by atoms with van der Waals surface area (Å²) in [6.07, 6.45) is 14.0. The number of halogens is 2. The van der Waals surface area contributed by atoms with Gasteiger partial charge in [0.1, 0.15) is 0 Å². The van der Waals surface area contributed by atoms with Crippen LogP contribution in [0, 0.1) is 17.6 Å². The lowest BCUT2D eigenvalue weighted by Crippen LogP contribution is -2.32. The summed E-state index contributed by atoms with van der Waals surface area (Å²) >= 11 is 0. The van der Waals surface area contributed by atoms with Crippen molar-refractivity contribution in [3.63, 3.8) is 0 Å². The molecule has 2 atom stereocenters. The van der Waals surface area contributed by atoms with Crippen LogP contribution in [-0.4, -0.2) is 32.0 Å². The lowest BCUT2D eigenvalue weighted by molar-refractivity contribution is -0.0781. The normalized spacial score (nSPS) is 26.2. The Labute approximate surface area is 193 Å². The average molecular weight is 453 g/mol. The summed E-state index contributed by atoms with van der Waals surface area (Å²) in [7, 11) is 0. The van der Waals surface area contributed by atoms with Crippen LogP contribution in [0.5, 0.6) is 5.75 Å². The molecule has 1 saturated heterocycles. The summed E-state index contributed by atoms with van der Waals surface area (Å²) in [6.45, 7) is 5.71. The Bertz CT molecular complexity index is 665. The molecule has 5 heteroatoms. The van der Waals surface area contributed by atoms with Crippen LogP contribution in [0.2, 0.25) is 0 Å². The molecule has 182 valence electrons. The molecule has 2 unspecified atom stereocenters. The molecule has 1 aromatic rings. The molecule has 1 aliphatic carbocycles. The van der Waals surface area contributed by atoms with E-state index in [0.717, 1.165) is 44.4 Å². The van der Waals surface area contributed by atoms with Crippen LogP contribution in [0.3, 0.4) is 0 Å². The van der Waals surface area contributed by atoms with Crippen molar-refractivity contribution in [1.82, 2.24) is 0 Å². The summed E-state index contributed by atoms with van der Waals surface area (Å²) in [5, 5.41) is 0. The third kappa shape index (κ3) is 7.41. The van der Waals surface area contributed by atoms with Crippen molar-refractivity contribution in [2.75, 3.05) is 19.8 Å². The van der Waals surface area contributed by atoms with E-state index in [1.165, 1.54) is 38.5 Å². The van der Waals surface area contributed by atoms with E-state index in [1.807, 2.05) is 6.92 Å². The fourth-order valence-electron chi connectivity index (χ4n) is 5.00. The molecule has 0 spiro atoms. The molecule has 2 fully saturated rings. The first-order valence-corrected chi connectivity index (χ1v) is 13.0. The SMILES string of the molecule is CCCCCC1CCC(OCC2CCC(c3ccc(OCCCC)c(F)c3F)CO2)CC1. The molecule has 1 aromatic carbocycles. The van der Waals surface area contributed by atoms with E-state index in [2.05, 4.69) is 6.92 Å². The molecule has 0 aromatic heterocycles. The fourth-order valence-corrected chi connectivity index (χ4v) is 5.00. The number of hydrogen-bond donors (Lipinski definition) is 0. The first kappa shape index (κ1) is 25.4. The Balaban J connectivity index is 1.38. The quantitative estimate of drug-likeness (QED) is 0.306. The highest BCUT2D eigenvalue weighted by atomic mass is 19.2. The van der Waals surface area contributed by atoms with E-state index >= 15 is 0 Å². The number of ether oxygens (including phenoxy) is 3. The Morgan fingerprint density at radius 1 is 0.906 bits per heavy atom. The highest BCUT2D eigenvalue weighted by Crippen LogP contribution is 2.34. The van der Waals surface area contributed by atoms with Crippen molar-refractivity contribution in [1.29, 1.82) is 0 Å². The largest absolute Gasteiger partial charge is 0.490 e. The topological polar surface area (TPSA) is 27.7 Å². The molecule has 1 saturated carbocycles. The smallest absolute Gasteiger partial charge is 0.200 e. The predicted octanol–water partition coefficient (Wildman–Crippen LogP) is 7.56. The highest BCUT2D eigenvalue weighted by Gasteiger charge is 2.28. The van der Waals surface area contributed by atoms with E-state index in [0.29, 0.717) is 31.5 Å². The molecule has 0 N–H and O–H groups in total. The van der Waals surface area contributed by atoms with Crippen LogP contribution in [0.15, 0.2) is 12.1 Å². The summed E-state index contributed by atoms with van der Waals surface area (Å²) in [4.78, 5) is 0. The minimum Gasteiger partial charge on any atom is -0.490 e. The van der Waals surface area contributed by atoms with E-state index in [4.69, 9.17) is 14.2 Å². The number of rotatable bonds is 12. The van der Waals surface area contributed by atoms with Crippen molar-refractivity contribution in [2.24, 2.45) is 5.92 Å². The Morgan fingerprint density at radius 2 is 1.69 bits per heavy atom. The van der Waals surface area contributed by atoms with Crippen LogP contribution >= 0.6 is 0 Å². The maximum atomic E-state index is 14.6.